The fourth-order valence-electron chi connectivity index (χ4n) is 7.65. The molecule has 0 fully saturated rings. The summed E-state index contributed by atoms with van der Waals surface area (Å²) in [5.74, 6) is 4.15. The Morgan fingerprint density at radius 2 is 2.02 bits per heavy atom. The molecule has 1 aromatic heterocycles. The van der Waals surface area contributed by atoms with E-state index < -0.39 is 30.2 Å². The first-order valence-corrected chi connectivity index (χ1v) is 20.5. The van der Waals surface area contributed by atoms with Crippen LogP contribution >= 0.6 is 0 Å². The van der Waals surface area contributed by atoms with E-state index in [9.17, 15) is 15.0 Å². The number of methoxy groups -OCH3 is 2. The largest absolute Gasteiger partial charge is 0.487 e. The number of allylic oxidation sites excluding steroid dienone is 4. The molecule has 4 unspecified atom stereocenters. The second-order valence-corrected chi connectivity index (χ2v) is 15.7. The molecule has 14 nitrogen and oxygen atoms in total. The van der Waals surface area contributed by atoms with Crippen molar-refractivity contribution in [3.05, 3.63) is 88.0 Å². The molecule has 0 radical (unpaired) electrons. The number of aliphatic hydroxyl groups is 2. The molecule has 2 aliphatic heterocycles. The number of carbonyl (C=O) groups is 1. The van der Waals surface area contributed by atoms with E-state index in [0.717, 1.165) is 29.0 Å². The van der Waals surface area contributed by atoms with Crippen LogP contribution in [-0.2, 0) is 16.0 Å². The summed E-state index contributed by atoms with van der Waals surface area (Å²) in [7, 11) is 2.91. The van der Waals surface area contributed by atoms with Crippen molar-refractivity contribution in [3.63, 3.8) is 0 Å². The molecule has 15 heteroatoms. The number of aromatic nitrogens is 2. The highest BCUT2D eigenvalue weighted by atomic mass is 19.1. The van der Waals surface area contributed by atoms with Crippen molar-refractivity contribution in [2.75, 3.05) is 60.3 Å². The number of nitrogens with zero attached hydrogens (tertiary/aromatic N) is 4. The fraction of sp³-hybridized carbons (Fsp3) is 0.511. The van der Waals surface area contributed by atoms with Gasteiger partial charge in [0.15, 0.2) is 0 Å². The Balaban J connectivity index is 1.28. The number of alkyl carbamates (subject to hydrolysis) is 1. The molecular weight excluding hydrogens is 768 g/mol. The second kappa shape index (κ2) is 22.0. The Morgan fingerprint density at radius 3 is 2.70 bits per heavy atom. The lowest BCUT2D eigenvalue weighted by molar-refractivity contribution is -0.0264. The molecule has 2 bridgehead atoms. The molecule has 1 aliphatic carbocycles. The van der Waals surface area contributed by atoms with Crippen molar-refractivity contribution in [3.8, 4) is 18.1 Å². The maximum atomic E-state index is 16.4. The van der Waals surface area contributed by atoms with Crippen molar-refractivity contribution in [1.29, 1.82) is 0 Å². The van der Waals surface area contributed by atoms with Gasteiger partial charge in [-0.05, 0) is 56.0 Å². The van der Waals surface area contributed by atoms with Crippen molar-refractivity contribution in [2.45, 2.75) is 84.4 Å². The van der Waals surface area contributed by atoms with Gasteiger partial charge in [-0.3, -0.25) is 20.1 Å². The number of H-pyrrole nitrogens is 1. The number of hydrogen-bond acceptors (Lipinski definition) is 12. The number of aliphatic imine (C=N–C) groups is 1. The second-order valence-electron chi connectivity index (χ2n) is 15.7. The molecule has 0 saturated heterocycles. The first kappa shape index (κ1) is 46.0. The number of aromatic amines is 1. The van der Waals surface area contributed by atoms with Gasteiger partial charge in [0.2, 0.25) is 0 Å². The minimum atomic E-state index is -0.853. The third-order valence-corrected chi connectivity index (χ3v) is 10.7. The third kappa shape index (κ3) is 11.6. The monoisotopic (exact) mass is 828 g/mol. The quantitative estimate of drug-likeness (QED) is 0.0442. The summed E-state index contributed by atoms with van der Waals surface area (Å²) >= 11 is 0. The number of rotatable bonds is 21. The first-order chi connectivity index (χ1) is 28.9. The number of carbonyl (C=O) groups excluding carboxylic acids is 1. The lowest BCUT2D eigenvalue weighted by Crippen LogP contribution is -2.57. The van der Waals surface area contributed by atoms with Crippen LogP contribution < -0.4 is 20.7 Å². The summed E-state index contributed by atoms with van der Waals surface area (Å²) < 4.78 is 32.7. The Hall–Kier alpha value is -5.04. The molecule has 324 valence electrons. The van der Waals surface area contributed by atoms with E-state index in [1.54, 1.807) is 19.4 Å². The predicted molar refractivity (Wildman–Crippen MR) is 231 cm³/mol. The highest BCUT2D eigenvalue weighted by Gasteiger charge is 2.33. The molecule has 0 spiro atoms. The Morgan fingerprint density at radius 1 is 1.22 bits per heavy atom. The topological polar surface area (TPSA) is 169 Å². The van der Waals surface area contributed by atoms with E-state index >= 15 is 4.39 Å². The van der Waals surface area contributed by atoms with Gasteiger partial charge in [0.25, 0.3) is 0 Å². The average molecular weight is 829 g/mol. The van der Waals surface area contributed by atoms with Crippen LogP contribution in [0.4, 0.5) is 9.18 Å². The van der Waals surface area contributed by atoms with Crippen LogP contribution in [0.5, 0.6) is 5.75 Å². The summed E-state index contributed by atoms with van der Waals surface area (Å²) in [6.07, 6.45) is 12.6. The molecule has 3 aliphatic rings. The number of amides is 1. The van der Waals surface area contributed by atoms with E-state index in [2.05, 4.69) is 37.6 Å². The van der Waals surface area contributed by atoms with Crippen molar-refractivity contribution < 1.29 is 33.6 Å². The number of benzene rings is 1. The van der Waals surface area contributed by atoms with Crippen LogP contribution in [0, 0.1) is 18.3 Å². The molecule has 1 amide bonds. The molecule has 60 heavy (non-hydrogen) atoms. The normalized spacial score (nSPS) is 17.9. The van der Waals surface area contributed by atoms with Gasteiger partial charge in [-0.1, -0.05) is 38.5 Å². The number of amidine groups is 1. The SMILES string of the molecule is C#CCCN(CC1=NCC(c2ccc3c(c2)OCC2=C=C3C=CC(c3cnc(CN(CCC)C(O)C(C=C(C)C)NCOC)[nH]3)=C2F)N1)C(CO)[C@@H](NC(=O)OC)C(C)C. The minimum absolute atomic E-state index is 0.00194. The van der Waals surface area contributed by atoms with Gasteiger partial charge in [0, 0.05) is 43.3 Å². The Kier molecular flexibility index (Phi) is 16.9. The van der Waals surface area contributed by atoms with E-state index in [1.807, 2.05) is 74.8 Å². The van der Waals surface area contributed by atoms with Crippen LogP contribution in [0.15, 0.2) is 70.3 Å². The lowest BCUT2D eigenvalue weighted by Gasteiger charge is -2.37. The third-order valence-electron chi connectivity index (χ3n) is 10.7. The minimum Gasteiger partial charge on any atom is -0.487 e. The number of aliphatic hydroxyl groups excluding tert-OH is 2. The van der Waals surface area contributed by atoms with Gasteiger partial charge in [0.05, 0.1) is 81.7 Å². The fourth-order valence-corrected chi connectivity index (χ4v) is 7.65. The number of terminal acetylenes is 1. The Bertz CT molecular complexity index is 2040. The maximum Gasteiger partial charge on any atom is 0.407 e. The summed E-state index contributed by atoms with van der Waals surface area (Å²) in [6.45, 7) is 12.3. The molecule has 6 N–H and O–H groups in total. The molecule has 0 saturated carbocycles. The first-order valence-electron chi connectivity index (χ1n) is 20.5. The number of hydrogen-bond donors (Lipinski definition) is 6. The summed E-state index contributed by atoms with van der Waals surface area (Å²) in [5, 5.41) is 31.5. The Labute approximate surface area is 353 Å². The summed E-state index contributed by atoms with van der Waals surface area (Å²) in [4.78, 5) is 28.8. The summed E-state index contributed by atoms with van der Waals surface area (Å²) in [5.41, 5.74) is 7.87. The number of imidazole rings is 1. The smallest absolute Gasteiger partial charge is 0.407 e. The zero-order valence-corrected chi connectivity index (χ0v) is 35.8. The average Bonchev–Trinajstić information content (AvgIpc) is 3.82. The molecule has 5 rings (SSSR count). The predicted octanol–water partition coefficient (Wildman–Crippen LogP) is 4.83. The maximum absolute atomic E-state index is 16.4. The van der Waals surface area contributed by atoms with Crippen LogP contribution in [0.3, 0.4) is 0 Å². The zero-order chi connectivity index (χ0) is 43.3. The van der Waals surface area contributed by atoms with Gasteiger partial charge < -0.3 is 40.0 Å². The zero-order valence-electron chi connectivity index (χ0n) is 35.8. The van der Waals surface area contributed by atoms with Crippen LogP contribution in [-0.4, -0.2) is 127 Å². The van der Waals surface area contributed by atoms with E-state index in [0.29, 0.717) is 67.6 Å². The lowest BCUT2D eigenvalue weighted by atomic mass is 9.95. The molecule has 3 heterocycles. The van der Waals surface area contributed by atoms with Gasteiger partial charge in [-0.2, -0.15) is 0 Å². The van der Waals surface area contributed by atoms with Crippen molar-refractivity contribution >= 4 is 23.1 Å². The van der Waals surface area contributed by atoms with Gasteiger partial charge in [-0.15, -0.1) is 18.1 Å². The van der Waals surface area contributed by atoms with E-state index in [4.69, 9.17) is 25.6 Å². The number of nitrogens with one attached hydrogen (secondary N) is 4. The molecule has 5 atom stereocenters. The van der Waals surface area contributed by atoms with E-state index in [1.165, 1.54) is 7.11 Å². The van der Waals surface area contributed by atoms with Crippen LogP contribution in [0.25, 0.3) is 11.1 Å². The highest BCUT2D eigenvalue weighted by molar-refractivity contribution is 5.88. The van der Waals surface area contributed by atoms with E-state index in [-0.39, 0.29) is 43.5 Å². The molecular formula is C45H61FN8O6. The highest BCUT2D eigenvalue weighted by Crippen LogP contribution is 2.38. The summed E-state index contributed by atoms with van der Waals surface area (Å²) in [6, 6.07) is 4.58. The van der Waals surface area contributed by atoms with Crippen molar-refractivity contribution in [1.82, 2.24) is 35.7 Å². The number of fused-ring (bicyclic) bond motifs is 2. The standard InChI is InChI=1S/C45H61FN8O6/c1-9-11-17-53(38(25-55)43(29(5)6)52-45(57)59-8)23-40-47-21-36(50-40)31-13-14-33-30-12-15-34(42(46)32(19-30)26-60-39(33)20-31)37-22-48-41(51-37)24-54(16-10-2)44(56)35(18-28(3)4)49-27-58-7/h1,12-15,18,20,22,29,35-36,38,43-44,49,55-56H,10-11,16-17,21,23-27H2,2-8H3,(H,47,50)(H,48,51)(H,52,57)/t35?,36?,38?,43-,44?/m0/s1. The van der Waals surface area contributed by atoms with Crippen molar-refractivity contribution in [2.24, 2.45) is 10.9 Å². The molecule has 1 aromatic carbocycles. The number of halogens is 1. The van der Waals surface area contributed by atoms with Gasteiger partial charge in [-0.25, -0.2) is 14.2 Å². The number of ether oxygens (including phenoxy) is 3. The van der Waals surface area contributed by atoms with Gasteiger partial charge in [0.1, 0.15) is 36.1 Å². The van der Waals surface area contributed by atoms with Crippen LogP contribution in [0.1, 0.15) is 76.1 Å². The van der Waals surface area contributed by atoms with Crippen LogP contribution in [0.2, 0.25) is 0 Å². The van der Waals surface area contributed by atoms with Gasteiger partial charge >= 0.3 is 6.09 Å². The molecule has 2 aromatic rings.